The molecule has 1 aliphatic rings. The first-order valence-corrected chi connectivity index (χ1v) is 10.7. The third kappa shape index (κ3) is 4.46. The van der Waals surface area contributed by atoms with E-state index in [1.54, 1.807) is 36.0 Å². The number of fused-ring (bicyclic) bond motifs is 1. The Bertz CT molecular complexity index is 1270. The lowest BCUT2D eigenvalue weighted by atomic mass is 9.99. The van der Waals surface area contributed by atoms with Gasteiger partial charge in [0.05, 0.1) is 24.0 Å². The molecule has 33 heavy (non-hydrogen) atoms. The van der Waals surface area contributed by atoms with Crippen molar-refractivity contribution in [3.05, 3.63) is 51.9 Å². The molecule has 0 amide bonds. The predicted molar refractivity (Wildman–Crippen MR) is 119 cm³/mol. The monoisotopic (exact) mass is 458 g/mol. The summed E-state index contributed by atoms with van der Waals surface area (Å²) in [7, 11) is 2.79. The molecule has 2 atom stereocenters. The van der Waals surface area contributed by atoms with Crippen LogP contribution in [0.2, 0.25) is 0 Å². The Balaban J connectivity index is 1.73. The van der Waals surface area contributed by atoms with Crippen molar-refractivity contribution in [3.63, 3.8) is 0 Å². The van der Waals surface area contributed by atoms with Crippen LogP contribution in [0.1, 0.15) is 42.5 Å². The van der Waals surface area contributed by atoms with Crippen LogP contribution in [-0.4, -0.2) is 39.9 Å². The van der Waals surface area contributed by atoms with Crippen molar-refractivity contribution < 1.29 is 13.2 Å². The molecule has 2 aromatic heterocycles. The van der Waals surface area contributed by atoms with Crippen LogP contribution >= 0.6 is 0 Å². The average molecular weight is 458 g/mol. The van der Waals surface area contributed by atoms with Gasteiger partial charge in [-0.1, -0.05) is 6.07 Å². The second-order valence-electron chi connectivity index (χ2n) is 8.73. The fourth-order valence-corrected chi connectivity index (χ4v) is 4.41. The summed E-state index contributed by atoms with van der Waals surface area (Å²) in [6.07, 6.45) is -0.575. The Morgan fingerprint density at radius 1 is 1.33 bits per heavy atom. The van der Waals surface area contributed by atoms with Gasteiger partial charge in [-0.05, 0) is 69.1 Å². The lowest BCUT2D eigenvalue weighted by Gasteiger charge is -2.28. The van der Waals surface area contributed by atoms with Gasteiger partial charge in [0.15, 0.2) is 5.82 Å². The number of nitrogens with one attached hydrogen (secondary N) is 2. The molecule has 0 bridgehead atoms. The first-order valence-electron chi connectivity index (χ1n) is 10.7. The van der Waals surface area contributed by atoms with Crippen LogP contribution in [0.5, 0.6) is 0 Å². The standard InChI is InChI=1S/C23H25F3N6O/c1-13-12-15(6-7-16(13)20(31(2)3)23(24,25)26)29-21-19-18(9-11-28-22(19)33)32(30-21)17(8-10-27)14-4-5-14/h6-7,9,11-12,14,17,20H,4-5,8H2,1-3H3,(H,28,33)(H,29,30). The number of aromatic amines is 1. The number of alkyl halides is 3. The molecule has 0 spiro atoms. The minimum Gasteiger partial charge on any atom is -0.338 e. The lowest BCUT2D eigenvalue weighted by Crippen LogP contribution is -2.33. The van der Waals surface area contributed by atoms with E-state index in [-0.39, 0.29) is 23.6 Å². The summed E-state index contributed by atoms with van der Waals surface area (Å²) in [5, 5.41) is 17.4. The summed E-state index contributed by atoms with van der Waals surface area (Å²) in [5.41, 5.74) is 1.44. The van der Waals surface area contributed by atoms with Gasteiger partial charge in [-0.3, -0.25) is 14.4 Å². The third-order valence-electron chi connectivity index (χ3n) is 6.06. The number of H-pyrrole nitrogens is 1. The van der Waals surface area contributed by atoms with Gasteiger partial charge in [-0.25, -0.2) is 0 Å². The number of benzene rings is 1. The molecule has 174 valence electrons. The Hall–Kier alpha value is -3.32. The van der Waals surface area contributed by atoms with Gasteiger partial charge in [-0.15, -0.1) is 0 Å². The normalized spacial score (nSPS) is 16.1. The molecule has 0 saturated heterocycles. The molecule has 4 rings (SSSR count). The number of nitriles is 1. The molecule has 7 nitrogen and oxygen atoms in total. The Labute approximate surface area is 188 Å². The van der Waals surface area contributed by atoms with Crippen LogP contribution in [0, 0.1) is 24.2 Å². The number of hydrogen-bond acceptors (Lipinski definition) is 5. The molecule has 2 unspecified atom stereocenters. The highest BCUT2D eigenvalue weighted by molar-refractivity contribution is 5.91. The second-order valence-corrected chi connectivity index (χ2v) is 8.73. The van der Waals surface area contributed by atoms with Crippen LogP contribution in [0.25, 0.3) is 10.9 Å². The summed E-state index contributed by atoms with van der Waals surface area (Å²) in [5.74, 6) is 0.648. The molecular weight excluding hydrogens is 433 g/mol. The minimum absolute atomic E-state index is 0.133. The van der Waals surface area contributed by atoms with Crippen LogP contribution in [-0.2, 0) is 0 Å². The number of hydrogen-bond donors (Lipinski definition) is 2. The molecule has 1 fully saturated rings. The fraction of sp³-hybridized carbons (Fsp3) is 0.435. The molecule has 2 heterocycles. The number of aromatic nitrogens is 3. The largest absolute Gasteiger partial charge is 0.408 e. The maximum Gasteiger partial charge on any atom is 0.408 e. The van der Waals surface area contributed by atoms with Crippen molar-refractivity contribution in [3.8, 4) is 6.07 Å². The fourth-order valence-electron chi connectivity index (χ4n) is 4.41. The number of nitrogens with zero attached hydrogens (tertiary/aromatic N) is 4. The van der Waals surface area contributed by atoms with E-state index in [0.29, 0.717) is 33.9 Å². The van der Waals surface area contributed by atoms with Gasteiger partial charge >= 0.3 is 6.18 Å². The topological polar surface area (TPSA) is 89.7 Å². The van der Waals surface area contributed by atoms with E-state index in [4.69, 9.17) is 0 Å². The van der Waals surface area contributed by atoms with Crippen LogP contribution in [0.15, 0.2) is 35.3 Å². The van der Waals surface area contributed by atoms with Gasteiger partial charge in [0.2, 0.25) is 0 Å². The Morgan fingerprint density at radius 2 is 2.06 bits per heavy atom. The second kappa shape index (κ2) is 8.56. The lowest BCUT2D eigenvalue weighted by molar-refractivity contribution is -0.179. The van der Waals surface area contributed by atoms with Crippen molar-refractivity contribution in [2.24, 2.45) is 5.92 Å². The Kier molecular flexibility index (Phi) is 5.93. The average Bonchev–Trinajstić information content (AvgIpc) is 3.49. The van der Waals surface area contributed by atoms with Crippen molar-refractivity contribution in [1.29, 1.82) is 5.26 Å². The van der Waals surface area contributed by atoms with Gasteiger partial charge < -0.3 is 10.3 Å². The molecule has 0 aliphatic heterocycles. The van der Waals surface area contributed by atoms with Crippen molar-refractivity contribution in [2.45, 2.75) is 44.4 Å². The zero-order valence-corrected chi connectivity index (χ0v) is 18.6. The third-order valence-corrected chi connectivity index (χ3v) is 6.06. The van der Waals surface area contributed by atoms with E-state index in [1.807, 2.05) is 0 Å². The molecular formula is C23H25F3N6O. The minimum atomic E-state index is -4.41. The van der Waals surface area contributed by atoms with Gasteiger partial charge in [0, 0.05) is 11.9 Å². The number of pyridine rings is 1. The SMILES string of the molecule is Cc1cc(Nc2nn(C(CC#N)C3CC3)c3cc[nH]c(=O)c23)ccc1C(N(C)C)C(F)(F)F. The Morgan fingerprint density at radius 3 is 2.64 bits per heavy atom. The number of rotatable bonds is 7. The molecule has 0 radical (unpaired) electrons. The summed E-state index contributed by atoms with van der Waals surface area (Å²) in [4.78, 5) is 16.4. The molecule has 10 heteroatoms. The molecule has 1 saturated carbocycles. The van der Waals surface area contributed by atoms with E-state index < -0.39 is 12.2 Å². The van der Waals surface area contributed by atoms with Crippen molar-refractivity contribution >= 4 is 22.4 Å². The van der Waals surface area contributed by atoms with E-state index in [0.717, 1.165) is 17.7 Å². The van der Waals surface area contributed by atoms with Gasteiger partial charge in [-0.2, -0.15) is 23.5 Å². The van der Waals surface area contributed by atoms with Crippen molar-refractivity contribution in [1.82, 2.24) is 19.7 Å². The molecule has 1 aromatic carbocycles. The summed E-state index contributed by atoms with van der Waals surface area (Å²) in [6.45, 7) is 1.63. The highest BCUT2D eigenvalue weighted by Crippen LogP contribution is 2.43. The smallest absolute Gasteiger partial charge is 0.338 e. The zero-order valence-electron chi connectivity index (χ0n) is 18.6. The maximum atomic E-state index is 13.6. The van der Waals surface area contributed by atoms with E-state index in [2.05, 4.69) is 21.5 Å². The van der Waals surface area contributed by atoms with Gasteiger partial charge in [0.25, 0.3) is 5.56 Å². The van der Waals surface area contributed by atoms with E-state index >= 15 is 0 Å². The predicted octanol–water partition coefficient (Wildman–Crippen LogP) is 4.81. The highest BCUT2D eigenvalue weighted by atomic mass is 19.4. The number of aryl methyl sites for hydroxylation is 1. The molecule has 3 aromatic rings. The van der Waals surface area contributed by atoms with E-state index in [9.17, 15) is 23.2 Å². The van der Waals surface area contributed by atoms with E-state index in [1.165, 1.54) is 20.2 Å². The van der Waals surface area contributed by atoms with Crippen LogP contribution < -0.4 is 10.9 Å². The van der Waals surface area contributed by atoms with Gasteiger partial charge in [0.1, 0.15) is 11.4 Å². The molecule has 1 aliphatic carbocycles. The summed E-state index contributed by atoms with van der Waals surface area (Å²) < 4.78 is 42.5. The zero-order chi connectivity index (χ0) is 23.9. The summed E-state index contributed by atoms with van der Waals surface area (Å²) >= 11 is 0. The first kappa shape index (κ1) is 22.9. The molecule has 2 N–H and O–H groups in total. The maximum absolute atomic E-state index is 13.6. The van der Waals surface area contributed by atoms with Crippen molar-refractivity contribution in [2.75, 3.05) is 19.4 Å². The van der Waals surface area contributed by atoms with Crippen LogP contribution in [0.4, 0.5) is 24.7 Å². The summed E-state index contributed by atoms with van der Waals surface area (Å²) in [6, 6.07) is 6.72. The number of anilines is 2. The highest BCUT2D eigenvalue weighted by Gasteiger charge is 2.43. The quantitative estimate of drug-likeness (QED) is 0.531. The number of halogens is 3. The first-order chi connectivity index (χ1) is 15.6. The van der Waals surface area contributed by atoms with Crippen LogP contribution in [0.3, 0.4) is 0 Å².